The normalized spacial score (nSPS) is 12.8. The zero-order chi connectivity index (χ0) is 15.3. The molecule has 0 aliphatic carbocycles. The number of rotatable bonds is 7. The molecule has 0 aliphatic heterocycles. The van der Waals surface area contributed by atoms with Crippen molar-refractivity contribution < 1.29 is 4.74 Å². The van der Waals surface area contributed by atoms with Crippen LogP contribution in [0.3, 0.4) is 0 Å². The van der Waals surface area contributed by atoms with Crippen LogP contribution in [-0.2, 0) is 0 Å². The van der Waals surface area contributed by atoms with Crippen LogP contribution in [0.2, 0.25) is 0 Å². The molecule has 0 aromatic carbocycles. The fraction of sp³-hybridized carbons (Fsp3) is 0.750. The predicted molar refractivity (Wildman–Crippen MR) is 84.6 cm³/mol. The SMILES string of the molecule is CCCNc1nc(C(C)C)nc(OC(C)C(C)C)c1C. The highest BCUT2D eigenvalue weighted by Crippen LogP contribution is 2.26. The summed E-state index contributed by atoms with van der Waals surface area (Å²) in [5, 5.41) is 3.37. The quantitative estimate of drug-likeness (QED) is 0.814. The van der Waals surface area contributed by atoms with E-state index in [0.717, 1.165) is 30.2 Å². The summed E-state index contributed by atoms with van der Waals surface area (Å²) in [5.41, 5.74) is 0.996. The van der Waals surface area contributed by atoms with Crippen LogP contribution < -0.4 is 10.1 Å². The Kier molecular flexibility index (Phi) is 6.24. The average Bonchev–Trinajstić information content (AvgIpc) is 2.39. The number of aromatic nitrogens is 2. The maximum Gasteiger partial charge on any atom is 0.222 e. The molecule has 114 valence electrons. The lowest BCUT2D eigenvalue weighted by atomic mass is 10.1. The predicted octanol–water partition coefficient (Wildman–Crippen LogP) is 4.15. The Morgan fingerprint density at radius 2 is 1.75 bits per heavy atom. The van der Waals surface area contributed by atoms with Crippen molar-refractivity contribution >= 4 is 5.82 Å². The van der Waals surface area contributed by atoms with Gasteiger partial charge in [0.15, 0.2) is 0 Å². The molecule has 1 atom stereocenters. The highest BCUT2D eigenvalue weighted by Gasteiger charge is 2.17. The van der Waals surface area contributed by atoms with Gasteiger partial charge in [0, 0.05) is 12.5 Å². The van der Waals surface area contributed by atoms with Gasteiger partial charge in [-0.25, -0.2) is 4.98 Å². The number of anilines is 1. The third kappa shape index (κ3) is 4.36. The van der Waals surface area contributed by atoms with E-state index in [-0.39, 0.29) is 12.0 Å². The second kappa shape index (κ2) is 7.46. The second-order valence-electron chi connectivity index (χ2n) is 6.01. The molecule has 1 unspecified atom stereocenters. The summed E-state index contributed by atoms with van der Waals surface area (Å²) in [6, 6.07) is 0. The Balaban J connectivity index is 3.10. The first kappa shape index (κ1) is 16.7. The van der Waals surface area contributed by atoms with Crippen LogP contribution in [-0.4, -0.2) is 22.6 Å². The minimum atomic E-state index is 0.141. The largest absolute Gasteiger partial charge is 0.474 e. The van der Waals surface area contributed by atoms with E-state index in [1.165, 1.54) is 0 Å². The summed E-state index contributed by atoms with van der Waals surface area (Å²) in [5.74, 6) is 3.19. The van der Waals surface area contributed by atoms with Gasteiger partial charge >= 0.3 is 0 Å². The first-order chi connectivity index (χ1) is 9.36. The molecule has 0 saturated carbocycles. The van der Waals surface area contributed by atoms with Crippen molar-refractivity contribution in [2.45, 2.75) is 66.9 Å². The molecule has 1 aromatic heterocycles. The van der Waals surface area contributed by atoms with Gasteiger partial charge in [-0.2, -0.15) is 4.98 Å². The van der Waals surface area contributed by atoms with Crippen LogP contribution in [0.5, 0.6) is 5.88 Å². The Morgan fingerprint density at radius 3 is 2.25 bits per heavy atom. The van der Waals surface area contributed by atoms with Crippen molar-refractivity contribution in [3.8, 4) is 5.88 Å². The van der Waals surface area contributed by atoms with Gasteiger partial charge in [0.25, 0.3) is 0 Å². The third-order valence-electron chi connectivity index (χ3n) is 3.41. The molecule has 0 aliphatic rings. The van der Waals surface area contributed by atoms with E-state index in [0.29, 0.717) is 11.8 Å². The first-order valence-electron chi connectivity index (χ1n) is 7.65. The minimum Gasteiger partial charge on any atom is -0.474 e. The lowest BCUT2D eigenvalue weighted by molar-refractivity contribution is 0.161. The van der Waals surface area contributed by atoms with E-state index < -0.39 is 0 Å². The van der Waals surface area contributed by atoms with E-state index in [1.54, 1.807) is 0 Å². The fourth-order valence-electron chi connectivity index (χ4n) is 1.61. The lowest BCUT2D eigenvalue weighted by Gasteiger charge is -2.21. The van der Waals surface area contributed by atoms with Crippen molar-refractivity contribution in [2.24, 2.45) is 5.92 Å². The summed E-state index contributed by atoms with van der Waals surface area (Å²) < 4.78 is 6.03. The Labute approximate surface area is 123 Å². The molecule has 20 heavy (non-hydrogen) atoms. The average molecular weight is 279 g/mol. The highest BCUT2D eigenvalue weighted by atomic mass is 16.5. The zero-order valence-corrected chi connectivity index (χ0v) is 13.9. The number of nitrogens with zero attached hydrogens (tertiary/aromatic N) is 2. The standard InChI is InChI=1S/C16H29N3O/c1-8-9-17-15-12(6)16(20-13(7)10(2)3)19-14(18-15)11(4)5/h10-11,13H,8-9H2,1-7H3,(H,17,18,19). The van der Waals surface area contributed by atoms with Crippen LogP contribution in [0.15, 0.2) is 0 Å². The first-order valence-corrected chi connectivity index (χ1v) is 7.65. The van der Waals surface area contributed by atoms with Gasteiger partial charge in [-0.3, -0.25) is 0 Å². The van der Waals surface area contributed by atoms with Gasteiger partial charge in [-0.1, -0.05) is 34.6 Å². The highest BCUT2D eigenvalue weighted by molar-refractivity contribution is 5.48. The van der Waals surface area contributed by atoms with Gasteiger partial charge in [0.1, 0.15) is 11.6 Å². The summed E-state index contributed by atoms with van der Waals surface area (Å²) >= 11 is 0. The van der Waals surface area contributed by atoms with Crippen molar-refractivity contribution in [3.63, 3.8) is 0 Å². The molecule has 1 N–H and O–H groups in total. The number of ether oxygens (including phenoxy) is 1. The van der Waals surface area contributed by atoms with Crippen molar-refractivity contribution in [1.82, 2.24) is 9.97 Å². The Hall–Kier alpha value is -1.32. The van der Waals surface area contributed by atoms with Gasteiger partial charge in [0.05, 0.1) is 11.7 Å². The Bertz CT molecular complexity index is 430. The van der Waals surface area contributed by atoms with Gasteiger partial charge in [-0.05, 0) is 26.2 Å². The monoisotopic (exact) mass is 279 g/mol. The molecular weight excluding hydrogens is 250 g/mol. The van der Waals surface area contributed by atoms with Crippen LogP contribution in [0.1, 0.15) is 65.3 Å². The summed E-state index contributed by atoms with van der Waals surface area (Å²) in [4.78, 5) is 9.21. The zero-order valence-electron chi connectivity index (χ0n) is 13.9. The van der Waals surface area contributed by atoms with E-state index in [4.69, 9.17) is 4.74 Å². The molecule has 0 saturated heterocycles. The molecule has 4 heteroatoms. The summed E-state index contributed by atoms with van der Waals surface area (Å²) in [6.45, 7) is 15.7. The third-order valence-corrected chi connectivity index (χ3v) is 3.41. The van der Waals surface area contributed by atoms with Crippen LogP contribution in [0.25, 0.3) is 0 Å². The number of hydrogen-bond acceptors (Lipinski definition) is 4. The fourth-order valence-corrected chi connectivity index (χ4v) is 1.61. The second-order valence-corrected chi connectivity index (χ2v) is 6.01. The molecule has 0 fully saturated rings. The van der Waals surface area contributed by atoms with E-state index in [1.807, 2.05) is 6.92 Å². The molecule has 1 rings (SSSR count). The van der Waals surface area contributed by atoms with Gasteiger partial charge in [0.2, 0.25) is 5.88 Å². The maximum absolute atomic E-state index is 6.03. The van der Waals surface area contributed by atoms with E-state index >= 15 is 0 Å². The van der Waals surface area contributed by atoms with Gasteiger partial charge in [-0.15, -0.1) is 0 Å². The number of nitrogens with one attached hydrogen (secondary N) is 1. The summed E-state index contributed by atoms with van der Waals surface area (Å²) in [7, 11) is 0. The molecule has 0 spiro atoms. The summed E-state index contributed by atoms with van der Waals surface area (Å²) in [6.07, 6.45) is 1.21. The maximum atomic E-state index is 6.03. The minimum absolute atomic E-state index is 0.141. The van der Waals surface area contributed by atoms with Crippen molar-refractivity contribution in [2.75, 3.05) is 11.9 Å². The van der Waals surface area contributed by atoms with E-state index in [2.05, 4.69) is 56.8 Å². The van der Waals surface area contributed by atoms with Crippen LogP contribution >= 0.6 is 0 Å². The lowest BCUT2D eigenvalue weighted by Crippen LogP contribution is -2.21. The van der Waals surface area contributed by atoms with Crippen molar-refractivity contribution in [3.05, 3.63) is 11.4 Å². The van der Waals surface area contributed by atoms with Crippen molar-refractivity contribution in [1.29, 1.82) is 0 Å². The molecule has 1 aromatic rings. The topological polar surface area (TPSA) is 47.0 Å². The molecule has 0 amide bonds. The molecular formula is C16H29N3O. The van der Waals surface area contributed by atoms with Crippen LogP contribution in [0, 0.1) is 12.8 Å². The smallest absolute Gasteiger partial charge is 0.222 e. The van der Waals surface area contributed by atoms with Crippen LogP contribution in [0.4, 0.5) is 5.82 Å². The molecule has 1 heterocycles. The molecule has 4 nitrogen and oxygen atoms in total. The Morgan fingerprint density at radius 1 is 1.10 bits per heavy atom. The number of hydrogen-bond donors (Lipinski definition) is 1. The molecule has 0 bridgehead atoms. The van der Waals surface area contributed by atoms with Gasteiger partial charge < -0.3 is 10.1 Å². The molecule has 0 radical (unpaired) electrons. The van der Waals surface area contributed by atoms with E-state index in [9.17, 15) is 0 Å².